The third kappa shape index (κ3) is 3.57. The van der Waals surface area contributed by atoms with Crippen molar-refractivity contribution in [2.24, 2.45) is 5.73 Å². The minimum Gasteiger partial charge on any atom is -0.359 e. The summed E-state index contributed by atoms with van der Waals surface area (Å²) in [6.45, 7) is 3.81. The van der Waals surface area contributed by atoms with Gasteiger partial charge in [0.15, 0.2) is 5.76 Å². The number of hydrogen-bond donors (Lipinski definition) is 3. The van der Waals surface area contributed by atoms with E-state index in [2.05, 4.69) is 20.7 Å². The lowest BCUT2D eigenvalue weighted by Crippen LogP contribution is -2.34. The molecule has 25 heavy (non-hydrogen) atoms. The Hall–Kier alpha value is -2.64. The number of aromatic nitrogens is 3. The summed E-state index contributed by atoms with van der Waals surface area (Å²) >= 11 is 6.15. The van der Waals surface area contributed by atoms with Gasteiger partial charge in [0.05, 0.1) is 17.3 Å². The standard InChI is InChI=1S/C17H18ClN5O2/c1-9-15(10(2)22-21-9)16(19)17(24)20-8-11-7-14(23-25-11)12-5-3-4-6-13(12)18/h3-7,16H,8,19H2,1-2H3,(H,20,24)(H,21,22)/t16-/m0/s1. The molecule has 1 atom stereocenters. The number of benzene rings is 1. The van der Waals surface area contributed by atoms with Crippen LogP contribution in [-0.4, -0.2) is 21.3 Å². The molecule has 0 saturated carbocycles. The predicted octanol–water partition coefficient (Wildman–Crippen LogP) is 2.65. The zero-order chi connectivity index (χ0) is 18.0. The molecule has 0 saturated heterocycles. The monoisotopic (exact) mass is 359 g/mol. The van der Waals surface area contributed by atoms with Gasteiger partial charge in [0, 0.05) is 22.9 Å². The third-order valence-electron chi connectivity index (χ3n) is 3.92. The van der Waals surface area contributed by atoms with Gasteiger partial charge in [-0.05, 0) is 19.9 Å². The van der Waals surface area contributed by atoms with Gasteiger partial charge >= 0.3 is 0 Å². The molecule has 0 bridgehead atoms. The highest BCUT2D eigenvalue weighted by atomic mass is 35.5. The van der Waals surface area contributed by atoms with E-state index in [9.17, 15) is 4.79 Å². The first-order chi connectivity index (χ1) is 12.0. The number of aryl methyl sites for hydroxylation is 2. The molecule has 2 aromatic heterocycles. The largest absolute Gasteiger partial charge is 0.359 e. The van der Waals surface area contributed by atoms with Crippen LogP contribution in [0.2, 0.25) is 5.02 Å². The van der Waals surface area contributed by atoms with Crippen molar-refractivity contribution < 1.29 is 9.32 Å². The molecule has 1 amide bonds. The second-order valence-electron chi connectivity index (χ2n) is 5.70. The number of aromatic amines is 1. The lowest BCUT2D eigenvalue weighted by Gasteiger charge is -2.11. The van der Waals surface area contributed by atoms with Gasteiger partial charge < -0.3 is 15.6 Å². The quantitative estimate of drug-likeness (QED) is 0.648. The van der Waals surface area contributed by atoms with Gasteiger partial charge in [-0.2, -0.15) is 5.10 Å². The van der Waals surface area contributed by atoms with E-state index in [-0.39, 0.29) is 12.5 Å². The third-order valence-corrected chi connectivity index (χ3v) is 4.25. The van der Waals surface area contributed by atoms with Gasteiger partial charge in [0.25, 0.3) is 0 Å². The SMILES string of the molecule is Cc1n[nH]c(C)c1[C@H](N)C(=O)NCc1cc(-c2ccccc2Cl)no1. The predicted molar refractivity (Wildman–Crippen MR) is 93.8 cm³/mol. The molecule has 0 radical (unpaired) electrons. The molecular formula is C17H18ClN5O2. The second-order valence-corrected chi connectivity index (χ2v) is 6.11. The smallest absolute Gasteiger partial charge is 0.242 e. The second kappa shape index (κ2) is 7.08. The molecule has 3 aromatic rings. The molecule has 130 valence electrons. The van der Waals surface area contributed by atoms with Gasteiger partial charge in [-0.25, -0.2) is 0 Å². The number of amides is 1. The van der Waals surface area contributed by atoms with Crippen LogP contribution < -0.4 is 11.1 Å². The first-order valence-corrected chi connectivity index (χ1v) is 8.10. The summed E-state index contributed by atoms with van der Waals surface area (Å²) in [5.41, 5.74) is 9.60. The van der Waals surface area contributed by atoms with Crippen LogP contribution in [0.25, 0.3) is 11.3 Å². The van der Waals surface area contributed by atoms with Crippen molar-refractivity contribution in [2.75, 3.05) is 0 Å². The number of H-pyrrole nitrogens is 1. The molecular weight excluding hydrogens is 342 g/mol. The number of nitrogens with two attached hydrogens (primary N) is 1. The van der Waals surface area contributed by atoms with E-state index in [0.29, 0.717) is 27.7 Å². The fourth-order valence-electron chi connectivity index (χ4n) is 2.63. The van der Waals surface area contributed by atoms with Gasteiger partial charge in [-0.3, -0.25) is 9.89 Å². The van der Waals surface area contributed by atoms with Crippen LogP contribution in [0.15, 0.2) is 34.9 Å². The van der Waals surface area contributed by atoms with Crippen LogP contribution in [-0.2, 0) is 11.3 Å². The maximum atomic E-state index is 12.3. The Morgan fingerprint density at radius 1 is 1.40 bits per heavy atom. The van der Waals surface area contributed by atoms with Crippen molar-refractivity contribution in [3.8, 4) is 11.3 Å². The van der Waals surface area contributed by atoms with Crippen molar-refractivity contribution in [2.45, 2.75) is 26.4 Å². The highest BCUT2D eigenvalue weighted by Gasteiger charge is 2.22. The van der Waals surface area contributed by atoms with Crippen molar-refractivity contribution in [1.29, 1.82) is 0 Å². The average molecular weight is 360 g/mol. The van der Waals surface area contributed by atoms with Crippen LogP contribution in [0.5, 0.6) is 0 Å². The molecule has 1 aromatic carbocycles. The summed E-state index contributed by atoms with van der Waals surface area (Å²) in [5, 5.41) is 14.2. The Bertz CT molecular complexity index is 883. The van der Waals surface area contributed by atoms with E-state index in [1.807, 2.05) is 25.1 Å². The number of nitrogens with zero attached hydrogens (tertiary/aromatic N) is 2. The highest BCUT2D eigenvalue weighted by Crippen LogP contribution is 2.27. The van der Waals surface area contributed by atoms with Gasteiger partial charge in [-0.1, -0.05) is 35.0 Å². The number of carbonyl (C=O) groups excluding carboxylic acids is 1. The lowest BCUT2D eigenvalue weighted by molar-refractivity contribution is -0.122. The van der Waals surface area contributed by atoms with E-state index >= 15 is 0 Å². The normalized spacial score (nSPS) is 12.2. The summed E-state index contributed by atoms with van der Waals surface area (Å²) < 4.78 is 5.26. The van der Waals surface area contributed by atoms with Crippen LogP contribution >= 0.6 is 11.6 Å². The number of nitrogens with one attached hydrogen (secondary N) is 2. The Morgan fingerprint density at radius 2 is 2.16 bits per heavy atom. The summed E-state index contributed by atoms with van der Waals surface area (Å²) in [7, 11) is 0. The summed E-state index contributed by atoms with van der Waals surface area (Å²) in [5.74, 6) is 0.194. The van der Waals surface area contributed by atoms with E-state index < -0.39 is 6.04 Å². The number of rotatable bonds is 5. The number of hydrogen-bond acceptors (Lipinski definition) is 5. The molecule has 0 fully saturated rings. The van der Waals surface area contributed by atoms with Crippen LogP contribution in [0, 0.1) is 13.8 Å². The van der Waals surface area contributed by atoms with Crippen molar-refractivity contribution >= 4 is 17.5 Å². The van der Waals surface area contributed by atoms with Gasteiger partial charge in [-0.15, -0.1) is 0 Å². The molecule has 0 aliphatic rings. The minimum absolute atomic E-state index is 0.180. The van der Waals surface area contributed by atoms with E-state index in [4.69, 9.17) is 21.9 Å². The molecule has 3 rings (SSSR count). The van der Waals surface area contributed by atoms with Crippen molar-refractivity contribution in [3.05, 3.63) is 58.1 Å². The van der Waals surface area contributed by atoms with Crippen LogP contribution in [0.3, 0.4) is 0 Å². The average Bonchev–Trinajstić information content (AvgIpc) is 3.19. The maximum absolute atomic E-state index is 12.3. The Morgan fingerprint density at radius 3 is 2.84 bits per heavy atom. The molecule has 0 aliphatic carbocycles. The molecule has 0 aliphatic heterocycles. The zero-order valence-corrected chi connectivity index (χ0v) is 14.6. The molecule has 8 heteroatoms. The highest BCUT2D eigenvalue weighted by molar-refractivity contribution is 6.33. The molecule has 2 heterocycles. The first kappa shape index (κ1) is 17.2. The fourth-order valence-corrected chi connectivity index (χ4v) is 2.86. The van der Waals surface area contributed by atoms with E-state index in [0.717, 1.165) is 11.3 Å². The molecule has 4 N–H and O–H groups in total. The zero-order valence-electron chi connectivity index (χ0n) is 13.8. The fraction of sp³-hybridized carbons (Fsp3) is 0.235. The lowest BCUT2D eigenvalue weighted by atomic mass is 10.1. The number of halogens is 1. The summed E-state index contributed by atoms with van der Waals surface area (Å²) in [4.78, 5) is 12.3. The Labute approximate surface area is 149 Å². The van der Waals surface area contributed by atoms with Gasteiger partial charge in [0.1, 0.15) is 11.7 Å². The topological polar surface area (TPSA) is 110 Å². The maximum Gasteiger partial charge on any atom is 0.242 e. The summed E-state index contributed by atoms with van der Waals surface area (Å²) in [6, 6.07) is 8.27. The van der Waals surface area contributed by atoms with E-state index in [1.54, 1.807) is 19.1 Å². The molecule has 0 unspecified atom stereocenters. The van der Waals surface area contributed by atoms with Crippen LogP contribution in [0.4, 0.5) is 0 Å². The Balaban J connectivity index is 1.66. The summed E-state index contributed by atoms with van der Waals surface area (Å²) in [6.07, 6.45) is 0. The van der Waals surface area contributed by atoms with Gasteiger partial charge in [0.2, 0.25) is 5.91 Å². The van der Waals surface area contributed by atoms with Crippen molar-refractivity contribution in [3.63, 3.8) is 0 Å². The van der Waals surface area contributed by atoms with Crippen LogP contribution in [0.1, 0.15) is 28.8 Å². The first-order valence-electron chi connectivity index (χ1n) is 7.72. The minimum atomic E-state index is -0.801. The molecule has 7 nitrogen and oxygen atoms in total. The van der Waals surface area contributed by atoms with Crippen molar-refractivity contribution in [1.82, 2.24) is 20.7 Å². The Kier molecular flexibility index (Phi) is 4.87. The number of carbonyl (C=O) groups is 1. The van der Waals surface area contributed by atoms with E-state index in [1.165, 1.54) is 0 Å². The molecule has 0 spiro atoms.